The lowest BCUT2D eigenvalue weighted by atomic mass is 9.81. The van der Waals surface area contributed by atoms with Crippen molar-refractivity contribution in [1.29, 1.82) is 0 Å². The van der Waals surface area contributed by atoms with Crippen molar-refractivity contribution in [3.05, 3.63) is 0 Å². The summed E-state index contributed by atoms with van der Waals surface area (Å²) in [6, 6.07) is 0. The highest BCUT2D eigenvalue weighted by molar-refractivity contribution is 7.92. The molecule has 0 aromatic rings. The molecule has 0 radical (unpaired) electrons. The van der Waals surface area contributed by atoms with E-state index in [1.165, 1.54) is 12.5 Å². The third-order valence-electron chi connectivity index (χ3n) is 3.32. The molecule has 6 heteroatoms. The van der Waals surface area contributed by atoms with Gasteiger partial charge < -0.3 is 0 Å². The molecule has 0 saturated carbocycles. The van der Waals surface area contributed by atoms with Gasteiger partial charge in [-0.1, -0.05) is 13.8 Å². The van der Waals surface area contributed by atoms with E-state index in [0.717, 1.165) is 0 Å². The largest absolute Gasteiger partial charge is 0.229 e. The smallest absolute Gasteiger partial charge is 0.152 e. The summed E-state index contributed by atoms with van der Waals surface area (Å²) in [6.45, 7) is 7.03. The minimum atomic E-state index is -3.20. The Balaban J connectivity index is 5.20. The van der Waals surface area contributed by atoms with Crippen LogP contribution in [0.5, 0.6) is 0 Å². The minimum Gasteiger partial charge on any atom is -0.229 e. The molecule has 1 unspecified atom stereocenters. The quantitative estimate of drug-likeness (QED) is 0.744. The van der Waals surface area contributed by atoms with Crippen LogP contribution in [0.3, 0.4) is 0 Å². The molecule has 17 heavy (non-hydrogen) atoms. The van der Waals surface area contributed by atoms with Crippen molar-refractivity contribution >= 4 is 19.7 Å². The predicted molar refractivity (Wildman–Crippen MR) is 71.6 cm³/mol. The summed E-state index contributed by atoms with van der Waals surface area (Å²) in [5.74, 6) is 0.0233. The fourth-order valence-electron chi connectivity index (χ4n) is 2.07. The highest BCUT2D eigenvalue weighted by atomic mass is 32.2. The molecule has 0 amide bonds. The van der Waals surface area contributed by atoms with Crippen LogP contribution in [-0.2, 0) is 19.7 Å². The van der Waals surface area contributed by atoms with Gasteiger partial charge in [0.25, 0.3) is 0 Å². The molecule has 0 bridgehead atoms. The molecule has 0 spiro atoms. The summed E-state index contributed by atoms with van der Waals surface area (Å²) < 4.78 is 45.2. The van der Waals surface area contributed by atoms with E-state index < -0.39 is 29.8 Å². The van der Waals surface area contributed by atoms with Crippen molar-refractivity contribution in [2.45, 2.75) is 45.3 Å². The SMILES string of the molecule is CCC(C)(CC(C)(C)S(C)(=O)=O)CS(C)(=O)=O. The van der Waals surface area contributed by atoms with Crippen molar-refractivity contribution in [2.24, 2.45) is 5.41 Å². The molecule has 0 rings (SSSR count). The molecule has 4 nitrogen and oxygen atoms in total. The van der Waals surface area contributed by atoms with Gasteiger partial charge in [-0.3, -0.25) is 0 Å². The van der Waals surface area contributed by atoms with E-state index in [4.69, 9.17) is 0 Å². The molecule has 0 aliphatic carbocycles. The summed E-state index contributed by atoms with van der Waals surface area (Å²) in [6.07, 6.45) is 3.37. The van der Waals surface area contributed by atoms with E-state index in [0.29, 0.717) is 12.8 Å². The first-order valence-electron chi connectivity index (χ1n) is 5.60. The first-order chi connectivity index (χ1) is 7.22. The Morgan fingerprint density at radius 2 is 1.35 bits per heavy atom. The molecule has 0 aromatic heterocycles. The Kier molecular flexibility index (Phi) is 4.85. The first-order valence-corrected chi connectivity index (χ1v) is 9.55. The van der Waals surface area contributed by atoms with Gasteiger partial charge in [0, 0.05) is 12.5 Å². The van der Waals surface area contributed by atoms with E-state index >= 15 is 0 Å². The van der Waals surface area contributed by atoms with E-state index in [2.05, 4.69) is 0 Å². The van der Waals surface area contributed by atoms with Gasteiger partial charge in [-0.15, -0.1) is 0 Å². The molecular formula is C11H24O4S2. The molecule has 0 aliphatic rings. The zero-order valence-corrected chi connectivity index (χ0v) is 13.2. The molecule has 0 saturated heterocycles. The highest BCUT2D eigenvalue weighted by Gasteiger charge is 2.39. The molecular weight excluding hydrogens is 260 g/mol. The summed E-state index contributed by atoms with van der Waals surface area (Å²) in [5, 5.41) is 0. The molecule has 0 fully saturated rings. The van der Waals surface area contributed by atoms with Crippen LogP contribution in [0.2, 0.25) is 0 Å². The Bertz CT molecular complexity index is 460. The second kappa shape index (κ2) is 4.88. The monoisotopic (exact) mass is 284 g/mol. The van der Waals surface area contributed by atoms with Crippen LogP contribution in [0.4, 0.5) is 0 Å². The lowest BCUT2D eigenvalue weighted by Gasteiger charge is -2.35. The molecule has 1 atom stereocenters. The number of rotatable bonds is 6. The van der Waals surface area contributed by atoms with Gasteiger partial charge >= 0.3 is 0 Å². The van der Waals surface area contributed by atoms with E-state index in [1.807, 2.05) is 13.8 Å². The number of hydrogen-bond donors (Lipinski definition) is 0. The summed E-state index contributed by atoms with van der Waals surface area (Å²) >= 11 is 0. The van der Waals surface area contributed by atoms with Gasteiger partial charge in [0.05, 0.1) is 10.5 Å². The average molecular weight is 284 g/mol. The zero-order valence-electron chi connectivity index (χ0n) is 11.6. The molecule has 104 valence electrons. The molecule has 0 heterocycles. The van der Waals surface area contributed by atoms with Crippen molar-refractivity contribution in [1.82, 2.24) is 0 Å². The third-order valence-corrected chi connectivity index (χ3v) is 6.69. The van der Waals surface area contributed by atoms with Crippen LogP contribution in [0.25, 0.3) is 0 Å². The first kappa shape index (κ1) is 16.9. The van der Waals surface area contributed by atoms with Gasteiger partial charge in [-0.05, 0) is 32.1 Å². The lowest BCUT2D eigenvalue weighted by molar-refractivity contribution is 0.288. The second-order valence-corrected chi connectivity index (χ2v) is 10.7. The topological polar surface area (TPSA) is 68.3 Å². The Hall–Kier alpha value is -0.100. The fraction of sp³-hybridized carbons (Fsp3) is 1.00. The summed E-state index contributed by atoms with van der Waals surface area (Å²) in [5.41, 5.74) is -0.500. The van der Waals surface area contributed by atoms with Crippen LogP contribution in [-0.4, -0.2) is 39.8 Å². The number of hydrogen-bond acceptors (Lipinski definition) is 4. The predicted octanol–water partition coefficient (Wildman–Crippen LogP) is 1.66. The Morgan fingerprint density at radius 1 is 0.941 bits per heavy atom. The average Bonchev–Trinajstić information content (AvgIpc) is 1.97. The van der Waals surface area contributed by atoms with Crippen LogP contribution in [0, 0.1) is 5.41 Å². The minimum absolute atomic E-state index is 0.0233. The standard InChI is InChI=1S/C11H24O4S2/c1-7-11(4,9-16(5,12)13)8-10(2,3)17(6,14)15/h7-9H2,1-6H3. The summed E-state index contributed by atoms with van der Waals surface area (Å²) in [7, 11) is -6.30. The maximum Gasteiger partial charge on any atom is 0.152 e. The van der Waals surface area contributed by atoms with E-state index in [-0.39, 0.29) is 5.75 Å². The van der Waals surface area contributed by atoms with Crippen molar-refractivity contribution in [3.63, 3.8) is 0 Å². The van der Waals surface area contributed by atoms with E-state index in [1.54, 1.807) is 13.8 Å². The van der Waals surface area contributed by atoms with Crippen molar-refractivity contribution < 1.29 is 16.8 Å². The Labute approximate surface area is 106 Å². The molecule has 0 aromatic carbocycles. The lowest BCUT2D eigenvalue weighted by Crippen LogP contribution is -2.40. The van der Waals surface area contributed by atoms with Gasteiger partial charge in [-0.25, -0.2) is 16.8 Å². The van der Waals surface area contributed by atoms with E-state index in [9.17, 15) is 16.8 Å². The zero-order chi connectivity index (χ0) is 14.1. The van der Waals surface area contributed by atoms with Crippen molar-refractivity contribution in [3.8, 4) is 0 Å². The maximum atomic E-state index is 11.7. The summed E-state index contributed by atoms with van der Waals surface area (Å²) in [4.78, 5) is 0. The highest BCUT2D eigenvalue weighted by Crippen LogP contribution is 2.36. The van der Waals surface area contributed by atoms with Gasteiger partial charge in [-0.2, -0.15) is 0 Å². The van der Waals surface area contributed by atoms with Gasteiger partial charge in [0.1, 0.15) is 9.84 Å². The molecule has 0 aliphatic heterocycles. The van der Waals surface area contributed by atoms with Crippen LogP contribution in [0.15, 0.2) is 0 Å². The van der Waals surface area contributed by atoms with Gasteiger partial charge in [0.15, 0.2) is 9.84 Å². The number of sulfone groups is 2. The Morgan fingerprint density at radius 3 is 1.59 bits per heavy atom. The van der Waals surface area contributed by atoms with Crippen LogP contribution in [0.1, 0.15) is 40.5 Å². The van der Waals surface area contributed by atoms with Crippen LogP contribution >= 0.6 is 0 Å². The fourth-order valence-corrected chi connectivity index (χ4v) is 4.25. The van der Waals surface area contributed by atoms with Gasteiger partial charge in [0.2, 0.25) is 0 Å². The van der Waals surface area contributed by atoms with Crippen LogP contribution < -0.4 is 0 Å². The second-order valence-electron chi connectivity index (χ2n) is 5.94. The maximum absolute atomic E-state index is 11.7. The van der Waals surface area contributed by atoms with Crippen molar-refractivity contribution in [2.75, 3.05) is 18.3 Å². The third kappa shape index (κ3) is 5.38. The molecule has 0 N–H and O–H groups in total. The normalized spacial score (nSPS) is 17.8.